The summed E-state index contributed by atoms with van der Waals surface area (Å²) in [5.74, 6) is -0.0203. The van der Waals surface area contributed by atoms with E-state index in [0.29, 0.717) is 32.6 Å². The lowest BCUT2D eigenvalue weighted by Crippen LogP contribution is -2.78. The number of aliphatic hydroxyl groups excluding tert-OH is 1. The molecule has 4 heterocycles. The first kappa shape index (κ1) is 21.6. The van der Waals surface area contributed by atoms with E-state index < -0.39 is 15.6 Å². The minimum absolute atomic E-state index is 0.0203. The van der Waals surface area contributed by atoms with Crippen LogP contribution in [0.3, 0.4) is 0 Å². The third kappa shape index (κ3) is 3.25. The number of benzene rings is 2. The minimum Gasteiger partial charge on any atom is -0.391 e. The summed E-state index contributed by atoms with van der Waals surface area (Å²) in [6.07, 6.45) is 1.08. The van der Waals surface area contributed by atoms with E-state index in [1.54, 1.807) is 21.3 Å². The number of fused-ring (bicyclic) bond motifs is 1. The fourth-order valence-corrected chi connectivity index (χ4v) is 7.38. The second kappa shape index (κ2) is 7.56. The lowest BCUT2D eigenvalue weighted by Gasteiger charge is -2.61. The van der Waals surface area contributed by atoms with E-state index in [4.69, 9.17) is 0 Å². The number of para-hydroxylation sites is 1. The molecule has 6 rings (SSSR count). The second-order valence-electron chi connectivity index (χ2n) is 9.76. The normalized spacial score (nSPS) is 22.2. The van der Waals surface area contributed by atoms with Crippen LogP contribution in [0.15, 0.2) is 53.4 Å². The van der Waals surface area contributed by atoms with Crippen molar-refractivity contribution < 1.29 is 18.3 Å². The number of H-pyrrole nitrogens is 1. The quantitative estimate of drug-likeness (QED) is 0.598. The number of aliphatic hydroxyl groups is 1. The summed E-state index contributed by atoms with van der Waals surface area (Å²) in [6, 6.07) is 15.3. The number of aromatic nitrogens is 1. The highest BCUT2D eigenvalue weighted by atomic mass is 32.2. The second-order valence-corrected chi connectivity index (χ2v) is 11.6. The summed E-state index contributed by atoms with van der Waals surface area (Å²) in [5.41, 5.74) is 3.08. The summed E-state index contributed by atoms with van der Waals surface area (Å²) in [4.78, 5) is 19.2. The van der Waals surface area contributed by atoms with Gasteiger partial charge in [-0.1, -0.05) is 18.2 Å². The monoisotopic (exact) mass is 480 g/mol. The van der Waals surface area contributed by atoms with Gasteiger partial charge in [0.15, 0.2) is 0 Å². The molecule has 8 nitrogen and oxygen atoms in total. The number of carbonyl (C=O) groups excluding carboxylic acids is 1. The van der Waals surface area contributed by atoms with Crippen LogP contribution >= 0.6 is 0 Å². The van der Waals surface area contributed by atoms with E-state index in [2.05, 4.69) is 9.88 Å². The summed E-state index contributed by atoms with van der Waals surface area (Å²) in [7, 11) is -3.72. The zero-order chi connectivity index (χ0) is 23.7. The van der Waals surface area contributed by atoms with E-state index in [1.165, 1.54) is 6.92 Å². The summed E-state index contributed by atoms with van der Waals surface area (Å²) in [6.45, 7) is 4.15. The van der Waals surface area contributed by atoms with E-state index in [9.17, 15) is 18.3 Å². The Morgan fingerprint density at radius 2 is 1.91 bits per heavy atom. The van der Waals surface area contributed by atoms with Gasteiger partial charge in [0.05, 0.1) is 16.5 Å². The van der Waals surface area contributed by atoms with Gasteiger partial charge in [-0.25, -0.2) is 8.42 Å². The first-order chi connectivity index (χ1) is 16.3. The molecule has 1 amide bonds. The predicted molar refractivity (Wildman–Crippen MR) is 130 cm³/mol. The maximum Gasteiger partial charge on any atom is 0.243 e. The van der Waals surface area contributed by atoms with Crippen LogP contribution in [-0.2, 0) is 14.8 Å². The molecule has 0 bridgehead atoms. The molecule has 0 aliphatic carbocycles. The highest BCUT2D eigenvalue weighted by molar-refractivity contribution is 7.89. The van der Waals surface area contributed by atoms with Gasteiger partial charge in [0.2, 0.25) is 15.9 Å². The van der Waals surface area contributed by atoms with Crippen molar-refractivity contribution in [3.05, 3.63) is 48.5 Å². The van der Waals surface area contributed by atoms with Crippen LogP contribution in [0.5, 0.6) is 0 Å². The molecule has 0 saturated carbocycles. The minimum atomic E-state index is -3.72. The van der Waals surface area contributed by atoms with Crippen molar-refractivity contribution in [3.8, 4) is 11.3 Å². The third-order valence-electron chi connectivity index (χ3n) is 7.61. The zero-order valence-electron chi connectivity index (χ0n) is 19.1. The van der Waals surface area contributed by atoms with E-state index in [-0.39, 0.29) is 16.9 Å². The summed E-state index contributed by atoms with van der Waals surface area (Å²) < 4.78 is 29.0. The van der Waals surface area contributed by atoms with Crippen LogP contribution in [0, 0.1) is 0 Å². The molecule has 34 heavy (non-hydrogen) atoms. The number of aromatic amines is 1. The maximum absolute atomic E-state index is 13.7. The largest absolute Gasteiger partial charge is 0.391 e. The number of rotatable bonds is 4. The third-order valence-corrected chi connectivity index (χ3v) is 9.61. The zero-order valence-corrected chi connectivity index (χ0v) is 19.9. The number of sulfonamides is 1. The number of hydrogen-bond donors (Lipinski definition) is 2. The highest BCUT2D eigenvalue weighted by Gasteiger charge is 2.58. The Balaban J connectivity index is 1.40. The van der Waals surface area contributed by atoms with Crippen molar-refractivity contribution in [2.45, 2.75) is 36.3 Å². The number of carbonyl (C=O) groups is 1. The number of anilines is 1. The van der Waals surface area contributed by atoms with Crippen LogP contribution in [0.1, 0.15) is 19.8 Å². The summed E-state index contributed by atoms with van der Waals surface area (Å²) in [5, 5.41) is 11.2. The molecular formula is C25H28N4O4S. The topological polar surface area (TPSA) is 97.0 Å². The van der Waals surface area contributed by atoms with Gasteiger partial charge in [-0.3, -0.25) is 4.79 Å². The first-order valence-electron chi connectivity index (χ1n) is 11.7. The maximum atomic E-state index is 13.7. The molecule has 2 N–H and O–H groups in total. The van der Waals surface area contributed by atoms with Gasteiger partial charge in [0.1, 0.15) is 0 Å². The molecule has 1 aromatic heterocycles. The molecular weight excluding hydrogens is 452 g/mol. The van der Waals surface area contributed by atoms with Crippen molar-refractivity contribution >= 4 is 32.5 Å². The lowest BCUT2D eigenvalue weighted by molar-refractivity contribution is -0.147. The van der Waals surface area contributed by atoms with Crippen molar-refractivity contribution in [1.82, 2.24) is 14.2 Å². The molecule has 0 radical (unpaired) electrons. The number of hydrogen-bond acceptors (Lipinski definition) is 5. The first-order valence-corrected chi connectivity index (χ1v) is 13.1. The van der Waals surface area contributed by atoms with Crippen molar-refractivity contribution in [2.24, 2.45) is 0 Å². The Labute approximate surface area is 198 Å². The summed E-state index contributed by atoms with van der Waals surface area (Å²) >= 11 is 0. The van der Waals surface area contributed by atoms with Gasteiger partial charge < -0.3 is 19.9 Å². The number of β-amino-alcohol motifs (C(OH)–C–C–N with tert-alkyl or cyclic N) is 1. The predicted octanol–water partition coefficient (Wildman–Crippen LogP) is 2.40. The molecule has 3 aliphatic heterocycles. The van der Waals surface area contributed by atoms with Gasteiger partial charge in [0, 0.05) is 67.5 Å². The van der Waals surface area contributed by atoms with Crippen LogP contribution in [0.4, 0.5) is 5.69 Å². The van der Waals surface area contributed by atoms with Crippen molar-refractivity contribution in [2.75, 3.05) is 37.6 Å². The molecule has 3 aromatic rings. The molecule has 3 fully saturated rings. The van der Waals surface area contributed by atoms with E-state index in [1.807, 2.05) is 36.4 Å². The number of likely N-dealkylation sites (tertiary alicyclic amines) is 1. The smallest absolute Gasteiger partial charge is 0.243 e. The van der Waals surface area contributed by atoms with Crippen LogP contribution in [0.25, 0.3) is 22.2 Å². The Morgan fingerprint density at radius 1 is 1.12 bits per heavy atom. The van der Waals surface area contributed by atoms with Gasteiger partial charge in [-0.15, -0.1) is 0 Å². The van der Waals surface area contributed by atoms with Gasteiger partial charge in [0.25, 0.3) is 0 Å². The number of amides is 1. The molecule has 2 aromatic carbocycles. The highest BCUT2D eigenvalue weighted by Crippen LogP contribution is 2.44. The Kier molecular flexibility index (Phi) is 4.81. The van der Waals surface area contributed by atoms with Crippen molar-refractivity contribution in [3.63, 3.8) is 0 Å². The number of nitrogens with zero attached hydrogens (tertiary/aromatic N) is 3. The average Bonchev–Trinajstić information content (AvgIpc) is 3.37. The van der Waals surface area contributed by atoms with Crippen LogP contribution in [-0.4, -0.2) is 78.0 Å². The van der Waals surface area contributed by atoms with Gasteiger partial charge in [-0.05, 0) is 43.2 Å². The SMILES string of the molecule is CC(=O)N1CC2(CCN2S(=O)(=O)c2ccc(N3CC[C@H](O)C3)c(-c3cc4ccccc4[nH]3)c2)C1. The Morgan fingerprint density at radius 3 is 2.56 bits per heavy atom. The fraction of sp³-hybridized carbons (Fsp3) is 0.400. The molecule has 1 atom stereocenters. The molecule has 0 unspecified atom stereocenters. The number of nitrogens with one attached hydrogen (secondary N) is 1. The molecule has 3 saturated heterocycles. The standard InChI is InChI=1S/C25H28N4O4S/c1-17(30)28-15-25(16-28)9-11-29(25)34(32,33)20-6-7-24(27-10-8-19(31)14-27)21(13-20)23-12-18-4-2-3-5-22(18)26-23/h2-7,12-13,19,26,31H,8-11,14-16H2,1H3/t19-/m0/s1. The van der Waals surface area contributed by atoms with E-state index >= 15 is 0 Å². The van der Waals surface area contributed by atoms with Crippen LogP contribution in [0.2, 0.25) is 0 Å². The Bertz CT molecular complexity index is 1360. The van der Waals surface area contributed by atoms with Crippen molar-refractivity contribution in [1.29, 1.82) is 0 Å². The average molecular weight is 481 g/mol. The van der Waals surface area contributed by atoms with Crippen LogP contribution < -0.4 is 4.90 Å². The molecule has 1 spiro atoms. The Hall–Kier alpha value is -2.88. The molecule has 9 heteroatoms. The lowest BCUT2D eigenvalue weighted by atomic mass is 9.80. The fourth-order valence-electron chi connectivity index (χ4n) is 5.57. The molecule has 178 valence electrons. The van der Waals surface area contributed by atoms with E-state index in [0.717, 1.165) is 40.8 Å². The molecule has 3 aliphatic rings. The van der Waals surface area contributed by atoms with Gasteiger partial charge >= 0.3 is 0 Å². The van der Waals surface area contributed by atoms with Gasteiger partial charge in [-0.2, -0.15) is 4.31 Å².